The van der Waals surface area contributed by atoms with Gasteiger partial charge in [-0.25, -0.2) is 0 Å². The van der Waals surface area contributed by atoms with Crippen molar-refractivity contribution in [3.05, 3.63) is 60.3 Å². The van der Waals surface area contributed by atoms with Gasteiger partial charge in [-0.3, -0.25) is 0 Å². The molecule has 0 saturated carbocycles. The fraction of sp³-hybridized carbons (Fsp3) is 0.333. The first kappa shape index (κ1) is 20.1. The van der Waals surface area contributed by atoms with Gasteiger partial charge in [-0.2, -0.15) is 0 Å². The molecule has 0 unspecified atom stereocenters. The predicted molar refractivity (Wildman–Crippen MR) is 110 cm³/mol. The van der Waals surface area contributed by atoms with Crippen molar-refractivity contribution in [1.82, 2.24) is 10.3 Å². The largest absolute Gasteiger partial charge is 0.493 e. The van der Waals surface area contributed by atoms with Gasteiger partial charge in [0.2, 0.25) is 0 Å². The molecule has 2 aromatic carbocycles. The number of aromatic amines is 1. The van der Waals surface area contributed by atoms with Crippen LogP contribution >= 0.6 is 12.4 Å². The Morgan fingerprint density at radius 3 is 2.46 bits per heavy atom. The zero-order chi connectivity index (χ0) is 17.7. The third-order valence-corrected chi connectivity index (χ3v) is 4.34. The Hall–Kier alpha value is -2.17. The summed E-state index contributed by atoms with van der Waals surface area (Å²) in [5, 5.41) is 4.88. The van der Waals surface area contributed by atoms with Gasteiger partial charge in [-0.15, -0.1) is 12.4 Å². The van der Waals surface area contributed by atoms with E-state index in [1.165, 1.54) is 16.5 Å². The van der Waals surface area contributed by atoms with Crippen molar-refractivity contribution in [2.75, 3.05) is 20.3 Å². The standard InChI is InChI=1S/C21H26N2O2.ClH/c1-21(2,14-16-15-22-18-9-5-4-8-17(16)18)23-12-13-25-20-11-7-6-10-19(20)24-3;/h4-11,15,22-23H,12-14H2,1-3H3;1H. The Balaban J connectivity index is 0.00000243. The van der Waals surface area contributed by atoms with E-state index in [0.717, 1.165) is 24.5 Å². The zero-order valence-electron chi connectivity index (χ0n) is 15.5. The van der Waals surface area contributed by atoms with Crippen molar-refractivity contribution >= 4 is 23.3 Å². The van der Waals surface area contributed by atoms with E-state index in [4.69, 9.17) is 9.47 Å². The van der Waals surface area contributed by atoms with Gasteiger partial charge in [-0.1, -0.05) is 30.3 Å². The molecule has 0 spiro atoms. The van der Waals surface area contributed by atoms with Crippen molar-refractivity contribution in [3.8, 4) is 11.5 Å². The van der Waals surface area contributed by atoms with E-state index >= 15 is 0 Å². The number of halogens is 1. The molecule has 3 rings (SSSR count). The van der Waals surface area contributed by atoms with Gasteiger partial charge in [0.25, 0.3) is 0 Å². The lowest BCUT2D eigenvalue weighted by molar-refractivity contribution is 0.270. The highest BCUT2D eigenvalue weighted by molar-refractivity contribution is 5.85. The lowest BCUT2D eigenvalue weighted by atomic mass is 9.94. The number of rotatable bonds is 8. The maximum Gasteiger partial charge on any atom is 0.161 e. The van der Waals surface area contributed by atoms with Gasteiger partial charge < -0.3 is 19.8 Å². The summed E-state index contributed by atoms with van der Waals surface area (Å²) in [5.74, 6) is 1.54. The van der Waals surface area contributed by atoms with Crippen LogP contribution in [0.25, 0.3) is 10.9 Å². The molecule has 0 amide bonds. The predicted octanol–water partition coefficient (Wildman–Crippen LogP) is 4.59. The summed E-state index contributed by atoms with van der Waals surface area (Å²) in [6, 6.07) is 16.1. The molecule has 26 heavy (non-hydrogen) atoms. The molecular weight excluding hydrogens is 348 g/mol. The van der Waals surface area contributed by atoms with Crippen LogP contribution in [-0.4, -0.2) is 30.8 Å². The van der Waals surface area contributed by atoms with Crippen LogP contribution in [0.15, 0.2) is 54.7 Å². The molecule has 2 N–H and O–H groups in total. The van der Waals surface area contributed by atoms with E-state index < -0.39 is 0 Å². The number of hydrogen-bond donors (Lipinski definition) is 2. The Morgan fingerprint density at radius 2 is 1.69 bits per heavy atom. The van der Waals surface area contributed by atoms with Crippen LogP contribution in [0.2, 0.25) is 0 Å². The molecule has 1 aromatic heterocycles. The fourth-order valence-corrected chi connectivity index (χ4v) is 3.10. The Kier molecular flexibility index (Phi) is 6.95. The summed E-state index contributed by atoms with van der Waals surface area (Å²) in [6.07, 6.45) is 3.06. The van der Waals surface area contributed by atoms with Crippen molar-refractivity contribution in [2.24, 2.45) is 0 Å². The number of hydrogen-bond acceptors (Lipinski definition) is 3. The zero-order valence-corrected chi connectivity index (χ0v) is 16.4. The van der Waals surface area contributed by atoms with E-state index in [0.29, 0.717) is 6.61 Å². The van der Waals surface area contributed by atoms with Crippen molar-refractivity contribution in [2.45, 2.75) is 25.8 Å². The van der Waals surface area contributed by atoms with Crippen molar-refractivity contribution in [3.63, 3.8) is 0 Å². The second-order valence-electron chi connectivity index (χ2n) is 6.85. The number of aromatic nitrogens is 1. The molecule has 0 aliphatic rings. The van der Waals surface area contributed by atoms with Crippen molar-refractivity contribution in [1.29, 1.82) is 0 Å². The molecule has 0 fully saturated rings. The minimum atomic E-state index is -0.0188. The smallest absolute Gasteiger partial charge is 0.161 e. The average molecular weight is 375 g/mol. The maximum absolute atomic E-state index is 5.84. The van der Waals surface area contributed by atoms with Crippen LogP contribution in [0.3, 0.4) is 0 Å². The van der Waals surface area contributed by atoms with E-state index in [1.807, 2.05) is 24.3 Å². The van der Waals surface area contributed by atoms with E-state index in [1.54, 1.807) is 7.11 Å². The number of ether oxygens (including phenoxy) is 2. The highest BCUT2D eigenvalue weighted by atomic mass is 35.5. The van der Waals surface area contributed by atoms with Crippen LogP contribution in [0.4, 0.5) is 0 Å². The fourth-order valence-electron chi connectivity index (χ4n) is 3.10. The second-order valence-corrected chi connectivity index (χ2v) is 6.85. The highest BCUT2D eigenvalue weighted by Gasteiger charge is 2.19. The molecule has 4 nitrogen and oxygen atoms in total. The summed E-state index contributed by atoms with van der Waals surface area (Å²) in [6.45, 7) is 5.81. The van der Waals surface area contributed by atoms with Crippen LogP contribution in [0, 0.1) is 0 Å². The Morgan fingerprint density at radius 1 is 1.00 bits per heavy atom. The monoisotopic (exact) mass is 374 g/mol. The first-order valence-electron chi connectivity index (χ1n) is 8.65. The number of fused-ring (bicyclic) bond motifs is 1. The Bertz CT molecular complexity index is 829. The van der Waals surface area contributed by atoms with Crippen LogP contribution < -0.4 is 14.8 Å². The molecular formula is C21H27ClN2O2. The molecule has 0 radical (unpaired) electrons. The molecule has 1 heterocycles. The topological polar surface area (TPSA) is 46.3 Å². The number of benzene rings is 2. The molecule has 0 saturated heterocycles. The summed E-state index contributed by atoms with van der Waals surface area (Å²) >= 11 is 0. The SMILES string of the molecule is COc1ccccc1OCCNC(C)(C)Cc1c[nH]c2ccccc12.Cl. The van der Waals surface area contributed by atoms with E-state index in [9.17, 15) is 0 Å². The number of nitrogens with one attached hydrogen (secondary N) is 2. The molecule has 0 aliphatic carbocycles. The van der Waals surface area contributed by atoms with E-state index in [-0.39, 0.29) is 17.9 Å². The van der Waals surface area contributed by atoms with Crippen LogP contribution in [0.5, 0.6) is 11.5 Å². The highest BCUT2D eigenvalue weighted by Crippen LogP contribution is 2.25. The quantitative estimate of drug-likeness (QED) is 0.567. The molecule has 0 aliphatic heterocycles. The average Bonchev–Trinajstić information content (AvgIpc) is 3.01. The third kappa shape index (κ3) is 4.93. The number of para-hydroxylation sites is 3. The molecule has 0 bridgehead atoms. The van der Waals surface area contributed by atoms with Crippen LogP contribution in [-0.2, 0) is 6.42 Å². The van der Waals surface area contributed by atoms with Crippen LogP contribution in [0.1, 0.15) is 19.4 Å². The summed E-state index contributed by atoms with van der Waals surface area (Å²) in [7, 11) is 1.66. The van der Waals surface area contributed by atoms with Gasteiger partial charge in [0, 0.05) is 29.2 Å². The molecule has 3 aromatic rings. The first-order chi connectivity index (χ1) is 12.1. The third-order valence-electron chi connectivity index (χ3n) is 4.34. The first-order valence-corrected chi connectivity index (χ1v) is 8.65. The lowest BCUT2D eigenvalue weighted by Crippen LogP contribution is -2.43. The minimum absolute atomic E-state index is 0. The normalized spacial score (nSPS) is 11.2. The van der Waals surface area contributed by atoms with Gasteiger partial charge in [0.15, 0.2) is 11.5 Å². The van der Waals surface area contributed by atoms with Gasteiger partial charge in [0.1, 0.15) is 6.61 Å². The van der Waals surface area contributed by atoms with E-state index in [2.05, 4.69) is 54.6 Å². The molecule has 5 heteroatoms. The van der Waals surface area contributed by atoms with Gasteiger partial charge >= 0.3 is 0 Å². The summed E-state index contributed by atoms with van der Waals surface area (Å²) in [5.41, 5.74) is 2.50. The minimum Gasteiger partial charge on any atom is -0.493 e. The lowest BCUT2D eigenvalue weighted by Gasteiger charge is -2.26. The number of methoxy groups -OCH3 is 1. The molecule has 0 atom stereocenters. The van der Waals surface area contributed by atoms with Gasteiger partial charge in [0.05, 0.1) is 7.11 Å². The summed E-state index contributed by atoms with van der Waals surface area (Å²) in [4.78, 5) is 3.35. The maximum atomic E-state index is 5.84. The summed E-state index contributed by atoms with van der Waals surface area (Å²) < 4.78 is 11.1. The van der Waals surface area contributed by atoms with Crippen molar-refractivity contribution < 1.29 is 9.47 Å². The Labute approximate surface area is 161 Å². The van der Waals surface area contributed by atoms with Gasteiger partial charge in [-0.05, 0) is 44.0 Å². The molecule has 140 valence electrons. The second kappa shape index (κ2) is 8.97. The number of H-pyrrole nitrogens is 1.